The molecule has 2 aromatic heterocycles. The highest BCUT2D eigenvalue weighted by atomic mass is 16.1. The molecule has 2 heterocycles. The Morgan fingerprint density at radius 2 is 2.24 bits per heavy atom. The van der Waals surface area contributed by atoms with Gasteiger partial charge in [-0.05, 0) is 12.1 Å². The van der Waals surface area contributed by atoms with Crippen molar-refractivity contribution in [2.75, 3.05) is 5.32 Å². The summed E-state index contributed by atoms with van der Waals surface area (Å²) in [6, 6.07) is 6.25. The SMILES string of the molecule is NC(=O)c1cc(=O)[nH]c(Nc2ccccn2)n1. The van der Waals surface area contributed by atoms with Gasteiger partial charge in [0.25, 0.3) is 11.5 Å². The third kappa shape index (κ3) is 2.65. The van der Waals surface area contributed by atoms with Gasteiger partial charge in [-0.1, -0.05) is 6.07 Å². The van der Waals surface area contributed by atoms with E-state index >= 15 is 0 Å². The average Bonchev–Trinajstić information content (AvgIpc) is 2.29. The highest BCUT2D eigenvalue weighted by Gasteiger charge is 2.06. The second kappa shape index (κ2) is 4.44. The molecule has 0 atom stereocenters. The molecule has 86 valence electrons. The number of anilines is 2. The molecule has 0 radical (unpaired) electrons. The van der Waals surface area contributed by atoms with Crippen molar-refractivity contribution < 1.29 is 4.79 Å². The van der Waals surface area contributed by atoms with Gasteiger partial charge in [0.05, 0.1) is 0 Å². The quantitative estimate of drug-likeness (QED) is 0.688. The molecule has 0 unspecified atom stereocenters. The number of nitrogens with zero attached hydrogens (tertiary/aromatic N) is 2. The lowest BCUT2D eigenvalue weighted by atomic mass is 10.4. The van der Waals surface area contributed by atoms with Crippen LogP contribution in [-0.4, -0.2) is 20.9 Å². The zero-order valence-electron chi connectivity index (χ0n) is 8.68. The van der Waals surface area contributed by atoms with E-state index in [-0.39, 0.29) is 11.6 Å². The Hall–Kier alpha value is -2.70. The Bertz CT molecular complexity index is 593. The summed E-state index contributed by atoms with van der Waals surface area (Å²) in [4.78, 5) is 32.4. The fourth-order valence-electron chi connectivity index (χ4n) is 1.20. The number of aromatic amines is 1. The number of amides is 1. The molecular weight excluding hydrogens is 222 g/mol. The number of hydrogen-bond acceptors (Lipinski definition) is 5. The van der Waals surface area contributed by atoms with Gasteiger partial charge in [-0.25, -0.2) is 9.97 Å². The number of H-pyrrole nitrogens is 1. The minimum absolute atomic E-state index is 0.104. The van der Waals surface area contributed by atoms with Crippen LogP contribution in [0.2, 0.25) is 0 Å². The third-order valence-electron chi connectivity index (χ3n) is 1.91. The lowest BCUT2D eigenvalue weighted by Crippen LogP contribution is -2.19. The minimum Gasteiger partial charge on any atom is -0.364 e. The Kier molecular flexibility index (Phi) is 2.82. The van der Waals surface area contributed by atoms with Crippen LogP contribution in [0.3, 0.4) is 0 Å². The van der Waals surface area contributed by atoms with Gasteiger partial charge in [0.15, 0.2) is 0 Å². The number of rotatable bonds is 3. The van der Waals surface area contributed by atoms with Crippen molar-refractivity contribution in [3.63, 3.8) is 0 Å². The average molecular weight is 231 g/mol. The summed E-state index contributed by atoms with van der Waals surface area (Å²) in [7, 11) is 0. The van der Waals surface area contributed by atoms with Gasteiger partial charge >= 0.3 is 0 Å². The van der Waals surface area contributed by atoms with Gasteiger partial charge in [-0.15, -0.1) is 0 Å². The van der Waals surface area contributed by atoms with Gasteiger partial charge in [0, 0.05) is 12.3 Å². The Labute approximate surface area is 95.7 Å². The van der Waals surface area contributed by atoms with Crippen LogP contribution in [0.4, 0.5) is 11.8 Å². The fourth-order valence-corrected chi connectivity index (χ4v) is 1.20. The summed E-state index contributed by atoms with van der Waals surface area (Å²) in [6.07, 6.45) is 1.58. The maximum Gasteiger partial charge on any atom is 0.267 e. The second-order valence-electron chi connectivity index (χ2n) is 3.18. The van der Waals surface area contributed by atoms with Crippen molar-refractivity contribution in [1.82, 2.24) is 15.0 Å². The van der Waals surface area contributed by atoms with Crippen LogP contribution in [0.15, 0.2) is 35.3 Å². The Balaban J connectivity index is 2.34. The molecule has 0 saturated heterocycles. The van der Waals surface area contributed by atoms with Gasteiger partial charge < -0.3 is 11.1 Å². The van der Waals surface area contributed by atoms with E-state index in [4.69, 9.17) is 5.73 Å². The molecule has 2 aromatic rings. The van der Waals surface area contributed by atoms with Crippen molar-refractivity contribution in [2.45, 2.75) is 0 Å². The molecule has 0 fully saturated rings. The summed E-state index contributed by atoms with van der Waals surface area (Å²) in [5, 5.41) is 2.75. The van der Waals surface area contributed by atoms with Crippen molar-refractivity contribution >= 4 is 17.7 Å². The predicted molar refractivity (Wildman–Crippen MR) is 60.9 cm³/mol. The Morgan fingerprint density at radius 1 is 1.41 bits per heavy atom. The highest BCUT2D eigenvalue weighted by molar-refractivity contribution is 5.90. The number of nitrogens with two attached hydrogens (primary N) is 1. The van der Waals surface area contributed by atoms with Crippen molar-refractivity contribution in [3.8, 4) is 0 Å². The molecule has 0 saturated carbocycles. The molecule has 2 rings (SSSR count). The molecule has 7 heteroatoms. The van der Waals surface area contributed by atoms with Gasteiger partial charge in [-0.3, -0.25) is 14.6 Å². The van der Waals surface area contributed by atoms with E-state index in [1.165, 1.54) is 0 Å². The fraction of sp³-hybridized carbons (Fsp3) is 0. The highest BCUT2D eigenvalue weighted by Crippen LogP contribution is 2.06. The monoisotopic (exact) mass is 231 g/mol. The van der Waals surface area contributed by atoms with Crippen LogP contribution in [-0.2, 0) is 0 Å². The topological polar surface area (TPSA) is 114 Å². The largest absolute Gasteiger partial charge is 0.364 e. The molecule has 0 aliphatic heterocycles. The first kappa shape index (κ1) is 10.8. The van der Waals surface area contributed by atoms with E-state index in [0.29, 0.717) is 5.82 Å². The van der Waals surface area contributed by atoms with Gasteiger partial charge in [-0.2, -0.15) is 0 Å². The van der Waals surface area contributed by atoms with Crippen molar-refractivity contribution in [3.05, 3.63) is 46.5 Å². The first-order chi connectivity index (χ1) is 8.15. The van der Waals surface area contributed by atoms with Crippen LogP contribution in [0.5, 0.6) is 0 Å². The maximum absolute atomic E-state index is 11.2. The van der Waals surface area contributed by atoms with Crippen LogP contribution < -0.4 is 16.6 Å². The molecule has 1 amide bonds. The zero-order chi connectivity index (χ0) is 12.3. The molecule has 0 bridgehead atoms. The molecule has 0 aliphatic rings. The second-order valence-corrected chi connectivity index (χ2v) is 3.18. The van der Waals surface area contributed by atoms with Crippen molar-refractivity contribution in [2.24, 2.45) is 5.73 Å². The lowest BCUT2D eigenvalue weighted by Gasteiger charge is -2.04. The molecule has 17 heavy (non-hydrogen) atoms. The number of nitrogens with one attached hydrogen (secondary N) is 2. The normalized spacial score (nSPS) is 9.88. The van der Waals surface area contributed by atoms with E-state index in [2.05, 4.69) is 20.3 Å². The zero-order valence-corrected chi connectivity index (χ0v) is 8.68. The van der Waals surface area contributed by atoms with E-state index in [0.717, 1.165) is 6.07 Å². The summed E-state index contributed by atoms with van der Waals surface area (Å²) in [5.41, 5.74) is 4.48. The van der Waals surface area contributed by atoms with E-state index in [1.807, 2.05) is 0 Å². The first-order valence-corrected chi connectivity index (χ1v) is 4.74. The summed E-state index contributed by atoms with van der Waals surface area (Å²) >= 11 is 0. The molecule has 0 aromatic carbocycles. The van der Waals surface area contributed by atoms with Crippen LogP contribution in [0.25, 0.3) is 0 Å². The summed E-state index contributed by atoms with van der Waals surface area (Å²) < 4.78 is 0. The number of aromatic nitrogens is 3. The lowest BCUT2D eigenvalue weighted by molar-refractivity contribution is 0.0995. The van der Waals surface area contributed by atoms with Crippen molar-refractivity contribution in [1.29, 1.82) is 0 Å². The summed E-state index contributed by atoms with van der Waals surface area (Å²) in [6.45, 7) is 0. The smallest absolute Gasteiger partial charge is 0.267 e. The molecule has 0 spiro atoms. The Morgan fingerprint density at radius 3 is 2.88 bits per heavy atom. The standard InChI is InChI=1S/C10H9N5O2/c11-9(17)6-5-8(16)15-10(13-6)14-7-3-1-2-4-12-7/h1-5H,(H2,11,17)(H2,12,13,14,15,16). The van der Waals surface area contributed by atoms with E-state index in [9.17, 15) is 9.59 Å². The van der Waals surface area contributed by atoms with E-state index < -0.39 is 11.5 Å². The minimum atomic E-state index is -0.764. The third-order valence-corrected chi connectivity index (χ3v) is 1.91. The molecular formula is C10H9N5O2. The number of primary amides is 1. The number of carbonyl (C=O) groups is 1. The number of pyridine rings is 1. The number of carbonyl (C=O) groups excluding carboxylic acids is 1. The molecule has 4 N–H and O–H groups in total. The van der Waals surface area contributed by atoms with Crippen LogP contribution in [0.1, 0.15) is 10.5 Å². The predicted octanol–water partition coefficient (Wildman–Crippen LogP) is 0.00740. The number of hydrogen-bond donors (Lipinski definition) is 3. The van der Waals surface area contributed by atoms with Crippen LogP contribution >= 0.6 is 0 Å². The maximum atomic E-state index is 11.2. The molecule has 7 nitrogen and oxygen atoms in total. The van der Waals surface area contributed by atoms with Crippen LogP contribution in [0, 0.1) is 0 Å². The van der Waals surface area contributed by atoms with E-state index in [1.54, 1.807) is 24.4 Å². The molecule has 0 aliphatic carbocycles. The van der Waals surface area contributed by atoms with Gasteiger partial charge in [0.1, 0.15) is 11.5 Å². The van der Waals surface area contributed by atoms with Gasteiger partial charge in [0.2, 0.25) is 5.95 Å². The first-order valence-electron chi connectivity index (χ1n) is 4.74. The summed E-state index contributed by atoms with van der Waals surface area (Å²) in [5.74, 6) is -0.151.